The van der Waals surface area contributed by atoms with Gasteiger partial charge in [-0.1, -0.05) is 90.1 Å². The average molecular weight is 651 g/mol. The topological polar surface area (TPSA) is 52.0 Å². The van der Waals surface area contributed by atoms with Gasteiger partial charge in [-0.2, -0.15) is 0 Å². The summed E-state index contributed by atoms with van der Waals surface area (Å²) in [4.78, 5) is 0. The van der Waals surface area contributed by atoms with E-state index in [0.29, 0.717) is 13.1 Å². The Morgan fingerprint density at radius 3 is 1.18 bits per heavy atom. The summed E-state index contributed by atoms with van der Waals surface area (Å²) >= 11 is -0.826. The van der Waals surface area contributed by atoms with Gasteiger partial charge in [0.1, 0.15) is 0 Å². The van der Waals surface area contributed by atoms with E-state index in [2.05, 4.69) is 114 Å². The second-order valence-corrected chi connectivity index (χ2v) is 16.4. The monoisotopic (exact) mass is 648 g/mol. The van der Waals surface area contributed by atoms with Gasteiger partial charge in [-0.25, -0.2) is 0 Å². The molecule has 4 aromatic carbocycles. The van der Waals surface area contributed by atoms with Crippen LogP contribution in [0.2, 0.25) is 0 Å². The molecule has 0 bridgehead atoms. The van der Waals surface area contributed by atoms with Crippen molar-refractivity contribution in [1.82, 2.24) is 0 Å². The SMILES string of the molecule is CC(C)(C)c1cc2c(cc1-c1ccc(CN)cc1)Cc1cc(-c3ccc(CN)cc3)c(C(C)(C)C)cc1-2.[Cl][Zr][Cl]. The molecule has 0 atom stereocenters. The van der Waals surface area contributed by atoms with Gasteiger partial charge in [0.2, 0.25) is 0 Å². The van der Waals surface area contributed by atoms with Crippen molar-refractivity contribution in [1.29, 1.82) is 0 Å². The van der Waals surface area contributed by atoms with Crippen molar-refractivity contribution in [2.75, 3.05) is 0 Å². The molecule has 1 aliphatic carbocycles. The van der Waals surface area contributed by atoms with Gasteiger partial charge in [0.25, 0.3) is 0 Å². The molecule has 0 unspecified atom stereocenters. The first-order valence-electron chi connectivity index (χ1n) is 13.8. The first-order chi connectivity index (χ1) is 18.9. The number of hydrogen-bond acceptors (Lipinski definition) is 2. The molecular formula is C35H40Cl2N2Zr. The van der Waals surface area contributed by atoms with Crippen molar-refractivity contribution in [3.8, 4) is 33.4 Å². The van der Waals surface area contributed by atoms with Crippen molar-refractivity contribution in [3.05, 3.63) is 106 Å². The van der Waals surface area contributed by atoms with Crippen LogP contribution < -0.4 is 11.5 Å². The third kappa shape index (κ3) is 6.66. The number of rotatable bonds is 4. The van der Waals surface area contributed by atoms with Crippen LogP contribution >= 0.6 is 17.0 Å². The summed E-state index contributed by atoms with van der Waals surface area (Å²) in [7, 11) is 9.87. The molecule has 0 fully saturated rings. The van der Waals surface area contributed by atoms with Crippen LogP contribution in [0.5, 0.6) is 0 Å². The van der Waals surface area contributed by atoms with Gasteiger partial charge < -0.3 is 11.5 Å². The molecule has 4 N–H and O–H groups in total. The Labute approximate surface area is 259 Å². The predicted molar refractivity (Wildman–Crippen MR) is 170 cm³/mol. The van der Waals surface area contributed by atoms with E-state index in [-0.39, 0.29) is 10.8 Å². The van der Waals surface area contributed by atoms with Gasteiger partial charge in [0.15, 0.2) is 0 Å². The summed E-state index contributed by atoms with van der Waals surface area (Å²) in [5.41, 5.74) is 27.7. The van der Waals surface area contributed by atoms with Crippen LogP contribution in [-0.4, -0.2) is 0 Å². The van der Waals surface area contributed by atoms with Gasteiger partial charge >= 0.3 is 37.9 Å². The van der Waals surface area contributed by atoms with Crippen LogP contribution in [0.1, 0.15) is 74.9 Å². The summed E-state index contributed by atoms with van der Waals surface area (Å²) in [6.07, 6.45) is 0.960. The Bertz CT molecular complexity index is 1370. The maximum absolute atomic E-state index is 5.87. The zero-order valence-electron chi connectivity index (χ0n) is 24.5. The van der Waals surface area contributed by atoms with Crippen molar-refractivity contribution >= 4 is 17.0 Å². The van der Waals surface area contributed by atoms with Gasteiger partial charge in [0, 0.05) is 13.1 Å². The van der Waals surface area contributed by atoms with Crippen LogP contribution in [0.25, 0.3) is 33.4 Å². The fourth-order valence-electron chi connectivity index (χ4n) is 5.65. The molecule has 0 aromatic heterocycles. The van der Waals surface area contributed by atoms with E-state index in [0.717, 1.165) is 17.5 Å². The summed E-state index contributed by atoms with van der Waals surface area (Å²) in [5.74, 6) is 0. The molecule has 0 aliphatic heterocycles. The molecule has 2 nitrogen and oxygen atoms in total. The van der Waals surface area contributed by atoms with E-state index < -0.39 is 20.8 Å². The van der Waals surface area contributed by atoms with E-state index in [1.165, 1.54) is 55.6 Å². The van der Waals surface area contributed by atoms with Crippen LogP contribution in [-0.2, 0) is 51.2 Å². The van der Waals surface area contributed by atoms with Crippen molar-refractivity contribution in [2.45, 2.75) is 71.9 Å². The standard InChI is InChI=1S/C35H40N2.2ClH.Zr/c1-34(2,3)32-18-28-26(16-30(32)24-11-7-22(20-36)8-12-24)15-27-17-31(25-13-9-23(21-37)10-14-25)33(19-29(27)28)35(4,5)6;;;/h7-14,16-19H,15,20-21,36-37H2,1-6H3;2*1H;/q;;;+2/p-2. The first kappa shape index (κ1) is 31.2. The van der Waals surface area contributed by atoms with Crippen LogP contribution in [0, 0.1) is 0 Å². The van der Waals surface area contributed by atoms with Crippen LogP contribution in [0.4, 0.5) is 0 Å². The van der Waals surface area contributed by atoms with Crippen molar-refractivity contribution < 1.29 is 20.8 Å². The summed E-state index contributed by atoms with van der Waals surface area (Å²) < 4.78 is 0. The summed E-state index contributed by atoms with van der Waals surface area (Å²) in [6, 6.07) is 27.3. The Hall–Kier alpha value is -1.74. The van der Waals surface area contributed by atoms with E-state index in [4.69, 9.17) is 28.5 Å². The number of benzene rings is 4. The van der Waals surface area contributed by atoms with Crippen LogP contribution in [0.3, 0.4) is 0 Å². The number of fused-ring (bicyclic) bond motifs is 3. The molecule has 5 rings (SSSR count). The number of halogens is 2. The Balaban J connectivity index is 0.00000118. The second-order valence-electron chi connectivity index (χ2n) is 12.7. The first-order valence-corrected chi connectivity index (χ1v) is 20.1. The van der Waals surface area contributed by atoms with E-state index in [9.17, 15) is 0 Å². The molecule has 0 saturated carbocycles. The minimum atomic E-state index is -0.826. The Kier molecular flexibility index (Phi) is 9.86. The Morgan fingerprint density at radius 1 is 0.575 bits per heavy atom. The van der Waals surface area contributed by atoms with Crippen molar-refractivity contribution in [3.63, 3.8) is 0 Å². The van der Waals surface area contributed by atoms with Gasteiger partial charge in [-0.05, 0) is 108 Å². The quantitative estimate of drug-likeness (QED) is 0.204. The molecule has 0 amide bonds. The molecule has 0 spiro atoms. The molecule has 0 saturated heterocycles. The molecule has 0 heterocycles. The molecule has 1 aliphatic rings. The fraction of sp³-hybridized carbons (Fsp3) is 0.314. The zero-order valence-corrected chi connectivity index (χ0v) is 28.4. The molecule has 4 aromatic rings. The molecule has 40 heavy (non-hydrogen) atoms. The average Bonchev–Trinajstić information content (AvgIpc) is 3.28. The van der Waals surface area contributed by atoms with Crippen molar-refractivity contribution in [2.24, 2.45) is 11.5 Å². The van der Waals surface area contributed by atoms with E-state index in [1.54, 1.807) is 0 Å². The van der Waals surface area contributed by atoms with E-state index in [1.807, 2.05) is 0 Å². The normalized spacial score (nSPS) is 12.3. The fourth-order valence-corrected chi connectivity index (χ4v) is 5.65. The van der Waals surface area contributed by atoms with Gasteiger partial charge in [0.05, 0.1) is 0 Å². The molecule has 208 valence electrons. The van der Waals surface area contributed by atoms with Gasteiger partial charge in [-0.3, -0.25) is 0 Å². The van der Waals surface area contributed by atoms with Crippen LogP contribution in [0.15, 0.2) is 72.8 Å². The maximum atomic E-state index is 5.87. The molecule has 5 heteroatoms. The minimum absolute atomic E-state index is 0.0250. The Morgan fingerprint density at radius 2 is 0.900 bits per heavy atom. The third-order valence-electron chi connectivity index (χ3n) is 7.78. The zero-order chi connectivity index (χ0) is 29.2. The third-order valence-corrected chi connectivity index (χ3v) is 7.78. The number of nitrogens with two attached hydrogens (primary N) is 2. The van der Waals surface area contributed by atoms with Gasteiger partial charge in [-0.15, -0.1) is 0 Å². The summed E-state index contributed by atoms with van der Waals surface area (Å²) in [5, 5.41) is 0. The summed E-state index contributed by atoms with van der Waals surface area (Å²) in [6.45, 7) is 15.0. The molecule has 0 radical (unpaired) electrons. The second kappa shape index (κ2) is 12.6. The van der Waals surface area contributed by atoms with E-state index >= 15 is 0 Å². The number of hydrogen-bond donors (Lipinski definition) is 2. The predicted octanol–water partition coefficient (Wildman–Crippen LogP) is 9.48. The molecular weight excluding hydrogens is 611 g/mol.